The second kappa shape index (κ2) is 12.5. The van der Waals surface area contributed by atoms with Crippen LogP contribution >= 0.6 is 0 Å². The maximum absolute atomic E-state index is 12.7. The predicted molar refractivity (Wildman–Crippen MR) is 170 cm³/mol. The van der Waals surface area contributed by atoms with Gasteiger partial charge in [0.25, 0.3) is 0 Å². The highest BCUT2D eigenvalue weighted by molar-refractivity contribution is 5.93. The molecule has 218 valence electrons. The van der Waals surface area contributed by atoms with Crippen LogP contribution in [0.5, 0.6) is 0 Å². The molecule has 0 saturated heterocycles. The van der Waals surface area contributed by atoms with E-state index < -0.39 is 0 Å². The van der Waals surface area contributed by atoms with Gasteiger partial charge >= 0.3 is 0 Å². The normalized spacial score (nSPS) is 20.0. The minimum atomic E-state index is -0.338. The van der Waals surface area contributed by atoms with Crippen LogP contribution in [0.15, 0.2) is 78.9 Å². The van der Waals surface area contributed by atoms with Crippen LogP contribution in [0.1, 0.15) is 109 Å². The molecule has 2 aliphatic carbocycles. The Morgan fingerprint density at radius 2 is 1.02 bits per heavy atom. The van der Waals surface area contributed by atoms with Gasteiger partial charge in [-0.3, -0.25) is 4.79 Å². The van der Waals surface area contributed by atoms with Gasteiger partial charge in [0.15, 0.2) is 0 Å². The van der Waals surface area contributed by atoms with Crippen LogP contribution in [-0.2, 0) is 10.8 Å². The predicted octanol–water partition coefficient (Wildman–Crippen LogP) is 7.80. The largest absolute Gasteiger partial charge is 0.366 e. The Bertz CT molecular complexity index is 1290. The molecule has 0 radical (unpaired) electrons. The summed E-state index contributed by atoms with van der Waals surface area (Å²) in [5.74, 6) is -0.338. The van der Waals surface area contributed by atoms with Crippen LogP contribution in [0.25, 0.3) is 0 Å². The number of nitrogens with zero attached hydrogens (tertiary/aromatic N) is 2. The molecular weight excluding hydrogens is 502 g/mol. The molecule has 2 N–H and O–H groups in total. The van der Waals surface area contributed by atoms with Crippen molar-refractivity contribution in [1.82, 2.24) is 9.80 Å². The second-order valence-corrected chi connectivity index (χ2v) is 13.1. The first kappa shape index (κ1) is 29.5. The van der Waals surface area contributed by atoms with Crippen LogP contribution in [-0.4, -0.2) is 43.9 Å². The standard InChI is InChI=1S/C37H49N3O/c1-39(2)33(28-17-9-5-10-18-28)36(23-13-7-14-24-36)31-22-21-30(35(38)41)27-32(31)37(25-15-8-16-26-37)34(40(3)4)29-19-11-6-12-20-29/h5-6,9-12,17-22,27,33-34H,7-8,13-16,23-26H2,1-4H3,(H2,38,41). The Labute approximate surface area is 247 Å². The molecule has 2 unspecified atom stereocenters. The molecule has 0 aliphatic heterocycles. The van der Waals surface area contributed by atoms with Gasteiger partial charge in [-0.15, -0.1) is 0 Å². The quantitative estimate of drug-likeness (QED) is 0.295. The van der Waals surface area contributed by atoms with Crippen molar-refractivity contribution in [2.75, 3.05) is 28.2 Å². The third kappa shape index (κ3) is 5.61. The van der Waals surface area contributed by atoms with E-state index in [0.29, 0.717) is 5.56 Å². The molecule has 1 amide bonds. The summed E-state index contributed by atoms with van der Waals surface area (Å²) in [5.41, 5.74) is 12.0. The summed E-state index contributed by atoms with van der Waals surface area (Å²) in [7, 11) is 8.95. The summed E-state index contributed by atoms with van der Waals surface area (Å²) in [6.07, 6.45) is 11.9. The lowest BCUT2D eigenvalue weighted by Crippen LogP contribution is -2.48. The Morgan fingerprint density at radius 1 is 0.610 bits per heavy atom. The van der Waals surface area contributed by atoms with Gasteiger partial charge in [0.2, 0.25) is 5.91 Å². The highest BCUT2D eigenvalue weighted by Crippen LogP contribution is 2.57. The molecule has 3 aromatic rings. The lowest BCUT2D eigenvalue weighted by molar-refractivity contribution is 0.0996. The molecule has 4 heteroatoms. The van der Waals surface area contributed by atoms with Crippen molar-refractivity contribution in [3.05, 3.63) is 107 Å². The van der Waals surface area contributed by atoms with Gasteiger partial charge in [-0.05, 0) is 88.3 Å². The van der Waals surface area contributed by atoms with E-state index in [1.54, 1.807) is 0 Å². The molecule has 0 heterocycles. The smallest absolute Gasteiger partial charge is 0.248 e. The van der Waals surface area contributed by atoms with E-state index in [-0.39, 0.29) is 28.8 Å². The fourth-order valence-corrected chi connectivity index (χ4v) is 8.78. The van der Waals surface area contributed by atoms with Crippen molar-refractivity contribution < 1.29 is 4.79 Å². The van der Waals surface area contributed by atoms with E-state index in [2.05, 4.69) is 111 Å². The van der Waals surface area contributed by atoms with Crippen molar-refractivity contribution in [2.24, 2.45) is 5.73 Å². The monoisotopic (exact) mass is 551 g/mol. The molecule has 0 bridgehead atoms. The lowest BCUT2D eigenvalue weighted by Gasteiger charge is -2.53. The van der Waals surface area contributed by atoms with Crippen LogP contribution in [0.2, 0.25) is 0 Å². The lowest BCUT2D eigenvalue weighted by atomic mass is 9.55. The van der Waals surface area contributed by atoms with E-state index in [0.717, 1.165) is 25.7 Å². The van der Waals surface area contributed by atoms with Crippen LogP contribution in [0, 0.1) is 0 Å². The average Bonchev–Trinajstić information content (AvgIpc) is 2.98. The molecule has 2 saturated carbocycles. The maximum atomic E-state index is 12.7. The summed E-state index contributed by atoms with van der Waals surface area (Å²) < 4.78 is 0. The van der Waals surface area contributed by atoms with Crippen molar-refractivity contribution in [2.45, 2.75) is 87.1 Å². The number of rotatable bonds is 9. The molecule has 2 atom stereocenters. The Hall–Kier alpha value is -2.95. The summed E-state index contributed by atoms with van der Waals surface area (Å²) >= 11 is 0. The third-order valence-electron chi connectivity index (χ3n) is 10.2. The molecule has 0 aromatic heterocycles. The number of amides is 1. The highest BCUT2D eigenvalue weighted by Gasteiger charge is 2.50. The van der Waals surface area contributed by atoms with E-state index in [1.807, 2.05) is 6.07 Å². The summed E-state index contributed by atoms with van der Waals surface area (Å²) in [5, 5.41) is 0. The third-order valence-corrected chi connectivity index (χ3v) is 10.2. The summed E-state index contributed by atoms with van der Waals surface area (Å²) in [4.78, 5) is 17.6. The Kier molecular flexibility index (Phi) is 9.01. The maximum Gasteiger partial charge on any atom is 0.248 e. The van der Waals surface area contributed by atoms with E-state index >= 15 is 0 Å². The zero-order valence-electron chi connectivity index (χ0n) is 25.6. The number of carbonyl (C=O) groups excluding carboxylic acids is 1. The van der Waals surface area contributed by atoms with E-state index in [9.17, 15) is 4.79 Å². The van der Waals surface area contributed by atoms with Gasteiger partial charge in [0, 0.05) is 28.5 Å². The molecular formula is C37H49N3O. The van der Waals surface area contributed by atoms with Gasteiger partial charge in [0.1, 0.15) is 0 Å². The average molecular weight is 552 g/mol. The molecule has 41 heavy (non-hydrogen) atoms. The molecule has 2 fully saturated rings. The first-order valence-corrected chi connectivity index (χ1v) is 15.7. The number of primary amides is 1. The van der Waals surface area contributed by atoms with Crippen molar-refractivity contribution in [1.29, 1.82) is 0 Å². The van der Waals surface area contributed by atoms with Gasteiger partial charge in [-0.25, -0.2) is 0 Å². The number of likely N-dealkylation sites (N-methyl/N-ethyl adjacent to an activating group) is 2. The van der Waals surface area contributed by atoms with Crippen LogP contribution in [0.3, 0.4) is 0 Å². The van der Waals surface area contributed by atoms with Crippen LogP contribution in [0.4, 0.5) is 0 Å². The molecule has 3 aromatic carbocycles. The SMILES string of the molecule is CN(C)C(c1ccccc1)C1(c2ccc(C(N)=O)cc2C2(C(c3ccccc3)N(C)C)CCCCC2)CCCCC1. The highest BCUT2D eigenvalue weighted by atomic mass is 16.1. The Morgan fingerprint density at radius 3 is 1.41 bits per heavy atom. The fraction of sp³-hybridized carbons (Fsp3) is 0.486. The van der Waals surface area contributed by atoms with Crippen molar-refractivity contribution in [3.63, 3.8) is 0 Å². The minimum Gasteiger partial charge on any atom is -0.366 e. The summed E-state index contributed by atoms with van der Waals surface area (Å²) in [6.45, 7) is 0. The topological polar surface area (TPSA) is 49.6 Å². The molecule has 2 aliphatic rings. The first-order chi connectivity index (χ1) is 19.8. The molecule has 0 spiro atoms. The second-order valence-electron chi connectivity index (χ2n) is 13.1. The van der Waals surface area contributed by atoms with Gasteiger partial charge in [0.05, 0.1) is 0 Å². The van der Waals surface area contributed by atoms with Crippen LogP contribution < -0.4 is 5.73 Å². The fourth-order valence-electron chi connectivity index (χ4n) is 8.78. The van der Waals surface area contributed by atoms with Crippen molar-refractivity contribution in [3.8, 4) is 0 Å². The number of hydrogen-bond acceptors (Lipinski definition) is 3. The number of hydrogen-bond donors (Lipinski definition) is 1. The van der Waals surface area contributed by atoms with Gasteiger partial charge in [-0.1, -0.05) is 105 Å². The van der Waals surface area contributed by atoms with Gasteiger partial charge < -0.3 is 15.5 Å². The molecule has 5 rings (SSSR count). The molecule has 4 nitrogen and oxygen atoms in total. The van der Waals surface area contributed by atoms with Crippen molar-refractivity contribution >= 4 is 5.91 Å². The number of benzene rings is 3. The van der Waals surface area contributed by atoms with E-state index in [4.69, 9.17) is 5.73 Å². The number of nitrogens with two attached hydrogens (primary N) is 1. The zero-order chi connectivity index (χ0) is 29.0. The minimum absolute atomic E-state index is 0.0629. The van der Waals surface area contributed by atoms with Gasteiger partial charge in [-0.2, -0.15) is 0 Å². The zero-order valence-corrected chi connectivity index (χ0v) is 25.6. The Balaban J connectivity index is 1.82. The number of carbonyl (C=O) groups is 1. The summed E-state index contributed by atoms with van der Waals surface area (Å²) in [6, 6.07) is 29.1. The first-order valence-electron chi connectivity index (χ1n) is 15.7. The van der Waals surface area contributed by atoms with E-state index in [1.165, 1.54) is 60.8 Å².